The third kappa shape index (κ3) is 21.9. The van der Waals surface area contributed by atoms with Gasteiger partial charge in [-0.25, -0.2) is 23.8 Å². The Balaban J connectivity index is 0.000000178. The van der Waals surface area contributed by atoms with Crippen LogP contribution < -0.4 is 33.7 Å². The van der Waals surface area contributed by atoms with Gasteiger partial charge in [0.05, 0.1) is 34.0 Å². The number of benzene rings is 6. The van der Waals surface area contributed by atoms with Gasteiger partial charge >= 0.3 is 11.9 Å². The molecule has 0 radical (unpaired) electrons. The number of hydrogen-bond acceptors (Lipinski definition) is 20. The van der Waals surface area contributed by atoms with Gasteiger partial charge in [-0.05, 0) is 247 Å². The van der Waals surface area contributed by atoms with Gasteiger partial charge in [0.15, 0.2) is 10.8 Å². The van der Waals surface area contributed by atoms with Crippen molar-refractivity contribution in [2.45, 2.75) is 121 Å². The fourth-order valence-corrected chi connectivity index (χ4v) is 17.5. The predicted molar refractivity (Wildman–Crippen MR) is 460 cm³/mol. The van der Waals surface area contributed by atoms with Crippen molar-refractivity contribution in [2.75, 3.05) is 47.3 Å². The molecule has 0 aliphatic carbocycles. The van der Waals surface area contributed by atoms with E-state index >= 15 is 0 Å². The lowest BCUT2D eigenvalue weighted by atomic mass is 10.1. The summed E-state index contributed by atoms with van der Waals surface area (Å²) < 4.78 is 128. The number of fused-ring (bicyclic) bond motifs is 3. The SMILES string of the molecule is COC(=O)c1cc(S(=O)(=O)NC(=O)c2[nH]c3cc(Cl)ccc3c2CCCOc2cc(C)c(Cl)c(C)c2)oc1C.COC(=O)c1ccc(S(=O)(=O)NC(=O)c2[nH]c3cc(Cl)ccc3c2CCCOc2cc(C)c(Cl)c(C)c2)n1C.Cc1cc(OCCCc2c(C(=O)NS(=O)(=O)c3ccc(C(=O)NC4CCOCC4)o3)[nH]c3cc(Cl)ccc23)cc(C)c1Cl. The molecule has 0 atom stereocenters. The Morgan fingerprint density at radius 3 is 1.20 bits per heavy atom. The summed E-state index contributed by atoms with van der Waals surface area (Å²) in [6, 6.07) is 32.4. The minimum atomic E-state index is -4.44. The molecule has 6 aromatic heterocycles. The molecule has 4 amide bonds. The van der Waals surface area contributed by atoms with Crippen molar-refractivity contribution in [2.24, 2.45) is 7.05 Å². The molecule has 7 N–H and O–H groups in total. The van der Waals surface area contributed by atoms with E-state index in [1.165, 1.54) is 39.3 Å². The lowest BCUT2D eigenvalue weighted by molar-refractivity contribution is 0.0583. The first-order chi connectivity index (χ1) is 57.3. The number of halogens is 6. The summed E-state index contributed by atoms with van der Waals surface area (Å²) in [6.45, 7) is 15.0. The fraction of sp³-hybridized carbons (Fsp3) is 0.286. The lowest BCUT2D eigenvalue weighted by Crippen LogP contribution is -2.38. The maximum Gasteiger partial charge on any atom is 0.354 e. The van der Waals surface area contributed by atoms with Crippen LogP contribution in [0.4, 0.5) is 0 Å². The van der Waals surface area contributed by atoms with E-state index < -0.39 is 75.8 Å². The van der Waals surface area contributed by atoms with Crippen molar-refractivity contribution in [1.29, 1.82) is 0 Å². The van der Waals surface area contributed by atoms with E-state index in [0.717, 1.165) is 73.3 Å². The van der Waals surface area contributed by atoms with Gasteiger partial charge < -0.3 is 62.1 Å². The molecule has 1 aliphatic rings. The van der Waals surface area contributed by atoms with Gasteiger partial charge in [0.25, 0.3) is 53.7 Å². The van der Waals surface area contributed by atoms with Crippen LogP contribution in [0.1, 0.15) is 151 Å². The molecule has 12 aromatic rings. The third-order valence-corrected chi connectivity index (χ3v) is 26.0. The first-order valence-corrected chi connectivity index (χ1v) is 44.3. The number of furan rings is 2. The second kappa shape index (κ2) is 39.2. The summed E-state index contributed by atoms with van der Waals surface area (Å²) in [4.78, 5) is 85.2. The second-order valence-corrected chi connectivity index (χ2v) is 35.7. The highest BCUT2D eigenvalue weighted by atomic mass is 35.5. The highest BCUT2D eigenvalue weighted by Crippen LogP contribution is 2.35. The molecule has 0 bridgehead atoms. The number of nitrogens with zero attached hydrogens (tertiary/aromatic N) is 1. The molecule has 7 heterocycles. The smallest absolute Gasteiger partial charge is 0.354 e. The van der Waals surface area contributed by atoms with Crippen LogP contribution in [0.5, 0.6) is 17.2 Å². The normalized spacial score (nSPS) is 12.5. The number of ether oxygens (including phenoxy) is 6. The number of rotatable bonds is 28. The van der Waals surface area contributed by atoms with E-state index in [2.05, 4.69) is 39.2 Å². The zero-order valence-corrected chi connectivity index (χ0v) is 73.9. The summed E-state index contributed by atoms with van der Waals surface area (Å²) in [7, 11) is -9.45. The Labute approximate surface area is 726 Å². The van der Waals surface area contributed by atoms with E-state index in [1.54, 1.807) is 54.6 Å². The quantitative estimate of drug-likeness (QED) is 0.0177. The van der Waals surface area contributed by atoms with Crippen molar-refractivity contribution < 1.29 is 91.3 Å². The van der Waals surface area contributed by atoms with E-state index in [0.29, 0.717) is 165 Å². The van der Waals surface area contributed by atoms with Crippen LogP contribution in [0.15, 0.2) is 145 Å². The summed E-state index contributed by atoms with van der Waals surface area (Å²) in [5, 5.41) is 7.06. The van der Waals surface area contributed by atoms with Gasteiger partial charge in [-0.2, -0.15) is 25.3 Å². The molecule has 28 nitrogen and oxygen atoms in total. The number of aromatic nitrogens is 4. The zero-order valence-electron chi connectivity index (χ0n) is 66.9. The van der Waals surface area contributed by atoms with Crippen LogP contribution in [0.2, 0.25) is 30.1 Å². The molecule has 1 saturated heterocycles. The maximum absolute atomic E-state index is 13.3. The topological polar surface area (TPSA) is 387 Å². The van der Waals surface area contributed by atoms with Crippen LogP contribution in [0.25, 0.3) is 32.7 Å². The van der Waals surface area contributed by atoms with Crippen molar-refractivity contribution in [3.8, 4) is 17.2 Å². The number of aryl methyl sites for hydroxylation is 10. The fourth-order valence-electron chi connectivity index (χ4n) is 13.7. The molecular formula is C84H84Cl6N8O20S3. The highest BCUT2D eigenvalue weighted by Gasteiger charge is 2.33. The molecule has 1 fully saturated rings. The summed E-state index contributed by atoms with van der Waals surface area (Å²) in [5.74, 6) is -2.68. The molecule has 6 aromatic carbocycles. The van der Waals surface area contributed by atoms with Gasteiger partial charge in [-0.1, -0.05) is 87.8 Å². The van der Waals surface area contributed by atoms with Crippen molar-refractivity contribution >= 4 is 168 Å². The Morgan fingerprint density at radius 2 is 0.818 bits per heavy atom. The summed E-state index contributed by atoms with van der Waals surface area (Å²) in [5.41, 5.74) is 9.26. The number of esters is 2. The number of aromatic amines is 3. The Hall–Kier alpha value is -10.5. The minimum Gasteiger partial charge on any atom is -0.494 e. The lowest BCUT2D eigenvalue weighted by Gasteiger charge is -2.22. The molecule has 640 valence electrons. The third-order valence-electron chi connectivity index (χ3n) is 19.7. The van der Waals surface area contributed by atoms with Crippen LogP contribution >= 0.6 is 69.6 Å². The Bertz CT molecular complexity index is 6280. The summed E-state index contributed by atoms with van der Waals surface area (Å²) in [6.07, 6.45) is 4.15. The molecular weight excluding hydrogens is 1750 g/mol. The van der Waals surface area contributed by atoms with Gasteiger partial charge in [0.1, 0.15) is 51.3 Å². The monoisotopic (exact) mass is 1830 g/mol. The number of hydrogen-bond donors (Lipinski definition) is 7. The highest BCUT2D eigenvalue weighted by molar-refractivity contribution is 7.90. The van der Waals surface area contributed by atoms with Crippen molar-refractivity contribution in [3.05, 3.63) is 241 Å². The average Bonchev–Trinajstić information content (AvgIpc) is 1.64. The molecule has 13 rings (SSSR count). The van der Waals surface area contributed by atoms with E-state index in [9.17, 15) is 54.0 Å². The van der Waals surface area contributed by atoms with Crippen molar-refractivity contribution in [1.82, 2.24) is 39.0 Å². The van der Waals surface area contributed by atoms with Gasteiger partial charge in [0, 0.05) is 95.2 Å². The number of carbonyl (C=O) groups excluding carboxylic acids is 6. The van der Waals surface area contributed by atoms with E-state index in [-0.39, 0.29) is 50.9 Å². The average molecular weight is 1830 g/mol. The number of H-pyrrole nitrogens is 3. The number of nitrogens with one attached hydrogen (secondary N) is 7. The molecule has 0 saturated carbocycles. The Kier molecular flexibility index (Phi) is 29.5. The number of amides is 4. The standard InChI is InChI=1S/C30H31Cl2N3O7S.C27H27Cl2N3O6S.C27H26Cl2N2O7S/c1-17-14-21(15-18(2)27(17)32)41-11-3-4-23-22-6-5-19(31)16-24(22)34-28(23)30(37)35-43(38,39)26-8-7-25(42-26)29(36)33-20-9-12-40-13-10-20;1-15-12-18(13-16(2)24(15)29)38-11-5-6-20-19-8-7-17(28)14-21(19)30-25(20)26(33)31-39(35,36)23-10-9-22(32(23)3)27(34)37-4;1-14-10-18(11-15(2)24(14)29)37-9-5-6-20-19-8-7-17(28)12-22(19)30-25(20)26(32)31-39(34,35)23-13-21(16(3)38-23)27(33)36-4/h5-8,14-16,20,34H,3-4,9-13H2,1-2H3,(H,33,36)(H,35,37);7-10,12-14,30H,5-6,11H2,1-4H3,(H,31,33);7-8,10-13,30H,5-6,9H2,1-4H3,(H,31,32). The van der Waals surface area contributed by atoms with Crippen LogP contribution in [-0.2, 0) is 70.6 Å². The first-order valence-electron chi connectivity index (χ1n) is 37.6. The molecule has 0 unspecified atom stereocenters. The van der Waals surface area contributed by atoms with E-state index in [1.807, 2.05) is 82.7 Å². The van der Waals surface area contributed by atoms with Crippen molar-refractivity contribution in [3.63, 3.8) is 0 Å². The number of sulfonamides is 3. The van der Waals surface area contributed by atoms with Crippen LogP contribution in [0, 0.1) is 48.5 Å². The molecule has 121 heavy (non-hydrogen) atoms. The van der Waals surface area contributed by atoms with Gasteiger partial charge in [0.2, 0.25) is 10.2 Å². The van der Waals surface area contributed by atoms with Crippen LogP contribution in [-0.4, -0.2) is 134 Å². The molecule has 0 spiro atoms. The van der Waals surface area contributed by atoms with Gasteiger partial charge in [-0.3, -0.25) is 19.2 Å². The summed E-state index contributed by atoms with van der Waals surface area (Å²) >= 11 is 37.2. The van der Waals surface area contributed by atoms with Crippen LogP contribution in [0.3, 0.4) is 0 Å². The number of methoxy groups -OCH3 is 2. The molecule has 1 aliphatic heterocycles. The molecule has 37 heteroatoms. The number of carbonyl (C=O) groups is 6. The predicted octanol–water partition coefficient (Wildman–Crippen LogP) is 17.0. The Morgan fingerprint density at radius 1 is 0.446 bits per heavy atom. The van der Waals surface area contributed by atoms with E-state index in [4.69, 9.17) is 97.4 Å². The maximum atomic E-state index is 13.3. The minimum absolute atomic E-state index is 0.0253. The van der Waals surface area contributed by atoms with Gasteiger partial charge in [-0.15, -0.1) is 0 Å². The largest absolute Gasteiger partial charge is 0.494 e. The first kappa shape index (κ1) is 91.3. The zero-order chi connectivity index (χ0) is 87.7. The second-order valence-electron chi connectivity index (χ2n) is 28.4.